The Bertz CT molecular complexity index is 380. The summed E-state index contributed by atoms with van der Waals surface area (Å²) >= 11 is 2.21. The molecule has 1 rings (SSSR count). The molecule has 0 radical (unpaired) electrons. The van der Waals surface area contributed by atoms with Crippen LogP contribution in [0.2, 0.25) is 0 Å². The van der Waals surface area contributed by atoms with Gasteiger partial charge >= 0.3 is 0 Å². The number of hydrogen-bond donors (Lipinski definition) is 1. The van der Waals surface area contributed by atoms with Crippen molar-refractivity contribution in [2.24, 2.45) is 10.9 Å². The van der Waals surface area contributed by atoms with Crippen LogP contribution in [0, 0.1) is 3.57 Å². The van der Waals surface area contributed by atoms with Gasteiger partial charge in [0.1, 0.15) is 0 Å². The smallest absolute Gasteiger partial charge is 0.174 e. The zero-order chi connectivity index (χ0) is 12.0. The molecule has 16 heavy (non-hydrogen) atoms. The van der Waals surface area contributed by atoms with Crippen molar-refractivity contribution in [1.29, 1.82) is 0 Å². The van der Waals surface area contributed by atoms with Gasteiger partial charge in [0.05, 0.1) is 23.0 Å². The first kappa shape index (κ1) is 13.1. The van der Waals surface area contributed by atoms with Crippen LogP contribution in [0.4, 0.5) is 0 Å². The monoisotopic (exact) mass is 334 g/mol. The van der Waals surface area contributed by atoms with E-state index in [1.165, 1.54) is 0 Å². The Morgan fingerprint density at radius 3 is 2.56 bits per heavy atom. The largest absolute Gasteiger partial charge is 0.490 e. The fourth-order valence-electron chi connectivity index (χ4n) is 1.30. The van der Waals surface area contributed by atoms with Gasteiger partial charge in [-0.1, -0.05) is 0 Å². The Balaban J connectivity index is 3.15. The molecular formula is C11H15IN2O2. The molecular weight excluding hydrogens is 319 g/mol. The molecule has 88 valence electrons. The van der Waals surface area contributed by atoms with Crippen LogP contribution in [0.3, 0.4) is 0 Å². The summed E-state index contributed by atoms with van der Waals surface area (Å²) in [5, 5.41) is 3.50. The second-order valence-electron chi connectivity index (χ2n) is 2.97. The molecule has 0 saturated carbocycles. The van der Waals surface area contributed by atoms with Crippen molar-refractivity contribution in [2.45, 2.75) is 13.8 Å². The van der Waals surface area contributed by atoms with Gasteiger partial charge in [0.25, 0.3) is 0 Å². The highest BCUT2D eigenvalue weighted by atomic mass is 127. The Morgan fingerprint density at radius 2 is 2.00 bits per heavy atom. The average Bonchev–Trinajstić information content (AvgIpc) is 2.24. The normalized spacial score (nSPS) is 10.7. The maximum absolute atomic E-state index is 5.55. The van der Waals surface area contributed by atoms with E-state index in [0.29, 0.717) is 13.2 Å². The summed E-state index contributed by atoms with van der Waals surface area (Å²) in [6.07, 6.45) is 1.58. The number of hydrogen-bond acceptors (Lipinski definition) is 4. The highest BCUT2D eigenvalue weighted by molar-refractivity contribution is 14.1. The van der Waals surface area contributed by atoms with Gasteiger partial charge in [-0.2, -0.15) is 5.10 Å². The van der Waals surface area contributed by atoms with Crippen LogP contribution in [-0.2, 0) is 0 Å². The molecule has 0 fully saturated rings. The van der Waals surface area contributed by atoms with E-state index in [2.05, 4.69) is 27.7 Å². The third kappa shape index (κ3) is 3.26. The predicted molar refractivity (Wildman–Crippen MR) is 73.3 cm³/mol. The molecule has 4 nitrogen and oxygen atoms in total. The molecule has 5 heteroatoms. The topological polar surface area (TPSA) is 56.8 Å². The SMILES string of the molecule is CCOc1cc(C=NN)cc(I)c1OCC. The Morgan fingerprint density at radius 1 is 1.31 bits per heavy atom. The summed E-state index contributed by atoms with van der Waals surface area (Å²) in [5.74, 6) is 6.63. The number of nitrogens with two attached hydrogens (primary N) is 1. The fraction of sp³-hybridized carbons (Fsp3) is 0.364. The summed E-state index contributed by atoms with van der Waals surface area (Å²) in [4.78, 5) is 0. The Labute approximate surface area is 109 Å². The zero-order valence-electron chi connectivity index (χ0n) is 9.37. The lowest BCUT2D eigenvalue weighted by Crippen LogP contribution is -2.01. The van der Waals surface area contributed by atoms with Crippen LogP contribution in [-0.4, -0.2) is 19.4 Å². The molecule has 0 unspecified atom stereocenters. The second kappa shape index (κ2) is 6.57. The van der Waals surface area contributed by atoms with E-state index in [0.717, 1.165) is 20.6 Å². The third-order valence-corrected chi connectivity index (χ3v) is 2.65. The number of rotatable bonds is 5. The van der Waals surface area contributed by atoms with Gasteiger partial charge in [-0.25, -0.2) is 0 Å². The van der Waals surface area contributed by atoms with Gasteiger partial charge < -0.3 is 15.3 Å². The zero-order valence-corrected chi connectivity index (χ0v) is 11.5. The molecule has 0 aliphatic carbocycles. The molecule has 0 aliphatic rings. The minimum atomic E-state index is 0.597. The van der Waals surface area contributed by atoms with E-state index in [1.54, 1.807) is 6.21 Å². The first-order chi connectivity index (χ1) is 7.72. The van der Waals surface area contributed by atoms with Gasteiger partial charge in [0.2, 0.25) is 0 Å². The summed E-state index contributed by atoms with van der Waals surface area (Å²) in [6.45, 7) is 5.09. The van der Waals surface area contributed by atoms with Crippen molar-refractivity contribution in [2.75, 3.05) is 13.2 Å². The van der Waals surface area contributed by atoms with E-state index >= 15 is 0 Å². The van der Waals surface area contributed by atoms with E-state index < -0.39 is 0 Å². The van der Waals surface area contributed by atoms with Crippen molar-refractivity contribution in [3.63, 3.8) is 0 Å². The molecule has 0 atom stereocenters. The quantitative estimate of drug-likeness (QED) is 0.389. The van der Waals surface area contributed by atoms with E-state index in [1.807, 2.05) is 26.0 Å². The van der Waals surface area contributed by atoms with E-state index in [-0.39, 0.29) is 0 Å². The lowest BCUT2D eigenvalue weighted by molar-refractivity contribution is 0.286. The maximum Gasteiger partial charge on any atom is 0.174 e. The molecule has 1 aromatic rings. The van der Waals surface area contributed by atoms with Crippen LogP contribution >= 0.6 is 22.6 Å². The number of benzene rings is 1. The summed E-state index contributed by atoms with van der Waals surface area (Å²) in [6, 6.07) is 3.82. The first-order valence-electron chi connectivity index (χ1n) is 5.05. The van der Waals surface area contributed by atoms with Gasteiger partial charge in [-0.05, 0) is 54.1 Å². The molecule has 1 aromatic carbocycles. The number of nitrogens with zero attached hydrogens (tertiary/aromatic N) is 1. The summed E-state index contributed by atoms with van der Waals surface area (Å²) < 4.78 is 12.1. The first-order valence-corrected chi connectivity index (χ1v) is 6.13. The van der Waals surface area contributed by atoms with Crippen molar-refractivity contribution >= 4 is 28.8 Å². The predicted octanol–water partition coefficient (Wildman–Crippen LogP) is 2.38. The maximum atomic E-state index is 5.55. The molecule has 2 N–H and O–H groups in total. The standard InChI is InChI=1S/C11H15IN2O2/c1-3-15-10-6-8(7-14-13)5-9(12)11(10)16-4-2/h5-7H,3-4,13H2,1-2H3. The summed E-state index contributed by atoms with van der Waals surface area (Å²) in [7, 11) is 0. The second-order valence-corrected chi connectivity index (χ2v) is 4.14. The Hall–Kier alpha value is -0.980. The van der Waals surface area contributed by atoms with Crippen LogP contribution in [0.5, 0.6) is 11.5 Å². The molecule has 0 spiro atoms. The van der Waals surface area contributed by atoms with Crippen molar-refractivity contribution in [3.05, 3.63) is 21.3 Å². The highest BCUT2D eigenvalue weighted by Gasteiger charge is 2.10. The molecule has 0 aliphatic heterocycles. The number of ether oxygens (including phenoxy) is 2. The number of hydrazone groups is 1. The van der Waals surface area contributed by atoms with Crippen LogP contribution in [0.25, 0.3) is 0 Å². The van der Waals surface area contributed by atoms with E-state index in [4.69, 9.17) is 15.3 Å². The number of halogens is 1. The lowest BCUT2D eigenvalue weighted by atomic mass is 10.2. The van der Waals surface area contributed by atoms with Gasteiger partial charge in [-0.15, -0.1) is 0 Å². The average molecular weight is 334 g/mol. The van der Waals surface area contributed by atoms with Crippen molar-refractivity contribution in [3.8, 4) is 11.5 Å². The fourth-order valence-corrected chi connectivity index (χ4v) is 2.08. The van der Waals surface area contributed by atoms with Crippen molar-refractivity contribution < 1.29 is 9.47 Å². The molecule has 0 heterocycles. The van der Waals surface area contributed by atoms with Crippen LogP contribution in [0.1, 0.15) is 19.4 Å². The molecule has 0 bridgehead atoms. The molecule has 0 saturated heterocycles. The van der Waals surface area contributed by atoms with Crippen LogP contribution in [0.15, 0.2) is 17.2 Å². The van der Waals surface area contributed by atoms with Crippen LogP contribution < -0.4 is 15.3 Å². The Kier molecular flexibility index (Phi) is 5.37. The molecule has 0 aromatic heterocycles. The summed E-state index contributed by atoms with van der Waals surface area (Å²) in [5.41, 5.74) is 0.902. The van der Waals surface area contributed by atoms with E-state index in [9.17, 15) is 0 Å². The third-order valence-electron chi connectivity index (χ3n) is 1.84. The van der Waals surface area contributed by atoms with Gasteiger partial charge in [0, 0.05) is 0 Å². The van der Waals surface area contributed by atoms with Gasteiger partial charge in [-0.3, -0.25) is 0 Å². The van der Waals surface area contributed by atoms with Gasteiger partial charge in [0.15, 0.2) is 11.5 Å². The highest BCUT2D eigenvalue weighted by Crippen LogP contribution is 2.33. The van der Waals surface area contributed by atoms with Crippen molar-refractivity contribution in [1.82, 2.24) is 0 Å². The molecule has 0 amide bonds. The minimum Gasteiger partial charge on any atom is -0.490 e. The minimum absolute atomic E-state index is 0.597. The lowest BCUT2D eigenvalue weighted by Gasteiger charge is -2.13.